The fraction of sp³-hybridized carbons (Fsp3) is 0.500. The van der Waals surface area contributed by atoms with Crippen LogP contribution in [0.5, 0.6) is 0 Å². The molecule has 2 rings (SSSR count). The van der Waals surface area contributed by atoms with Gasteiger partial charge in [0.05, 0.1) is 35.5 Å². The smallest absolute Gasteiger partial charge is 0.227 e. The molecule has 0 saturated carbocycles. The molecule has 1 aliphatic rings. The van der Waals surface area contributed by atoms with Crippen molar-refractivity contribution in [2.75, 3.05) is 23.8 Å². The maximum absolute atomic E-state index is 12.1. The number of rotatable bonds is 6. The van der Waals surface area contributed by atoms with Crippen LogP contribution < -0.4 is 10.6 Å². The van der Waals surface area contributed by atoms with Crippen LogP contribution in [0, 0.1) is 11.3 Å². The Balaban J connectivity index is 2.04. The van der Waals surface area contributed by atoms with Gasteiger partial charge in [-0.1, -0.05) is 6.92 Å². The summed E-state index contributed by atoms with van der Waals surface area (Å²) in [5, 5.41) is 15.1. The van der Waals surface area contributed by atoms with E-state index in [1.54, 1.807) is 12.1 Å². The van der Waals surface area contributed by atoms with E-state index in [1.807, 2.05) is 6.07 Å². The molecule has 0 aliphatic carbocycles. The molecule has 1 aliphatic heterocycles. The summed E-state index contributed by atoms with van der Waals surface area (Å²) in [6, 6.07) is 7.37. The Labute approximate surface area is 125 Å². The lowest BCUT2D eigenvalue weighted by Gasteiger charge is -2.14. The minimum absolute atomic E-state index is 0.0243. The van der Waals surface area contributed by atoms with Gasteiger partial charge in [-0.25, -0.2) is 0 Å². The van der Waals surface area contributed by atoms with Crippen LogP contribution in [0.15, 0.2) is 18.2 Å². The second-order valence-corrected chi connectivity index (χ2v) is 5.19. The molecule has 0 radical (unpaired) electrons. The van der Waals surface area contributed by atoms with Crippen LogP contribution in [-0.2, 0) is 9.53 Å². The van der Waals surface area contributed by atoms with Gasteiger partial charge < -0.3 is 15.4 Å². The normalized spacial score (nSPS) is 17.2. The Morgan fingerprint density at radius 1 is 1.48 bits per heavy atom. The maximum atomic E-state index is 12.1. The van der Waals surface area contributed by atoms with Crippen LogP contribution in [0.2, 0.25) is 0 Å². The minimum atomic E-state index is -0.0726. The van der Waals surface area contributed by atoms with Gasteiger partial charge in [0.15, 0.2) is 0 Å². The van der Waals surface area contributed by atoms with E-state index in [4.69, 9.17) is 10.00 Å². The highest BCUT2D eigenvalue weighted by Crippen LogP contribution is 2.24. The predicted molar refractivity (Wildman–Crippen MR) is 82.2 cm³/mol. The topological polar surface area (TPSA) is 74.2 Å². The summed E-state index contributed by atoms with van der Waals surface area (Å²) in [4.78, 5) is 12.1. The van der Waals surface area contributed by atoms with Crippen molar-refractivity contribution >= 4 is 17.3 Å². The summed E-state index contributed by atoms with van der Waals surface area (Å²) < 4.78 is 5.47. The zero-order valence-corrected chi connectivity index (χ0v) is 12.3. The number of hydrogen-bond acceptors (Lipinski definition) is 4. The minimum Gasteiger partial charge on any atom is -0.383 e. The summed E-state index contributed by atoms with van der Waals surface area (Å²) >= 11 is 0. The first-order valence-corrected chi connectivity index (χ1v) is 7.42. The van der Waals surface area contributed by atoms with Gasteiger partial charge in [0, 0.05) is 13.2 Å². The number of benzene rings is 1. The lowest BCUT2D eigenvalue weighted by atomic mass is 10.1. The first kappa shape index (κ1) is 15.3. The van der Waals surface area contributed by atoms with E-state index in [2.05, 4.69) is 23.6 Å². The molecule has 1 aromatic rings. The number of hydrogen-bond donors (Lipinski definition) is 2. The maximum Gasteiger partial charge on any atom is 0.227 e. The first-order chi connectivity index (χ1) is 10.2. The highest BCUT2D eigenvalue weighted by atomic mass is 16.5. The molecule has 1 fully saturated rings. The number of anilines is 2. The average molecular weight is 287 g/mol. The second kappa shape index (κ2) is 7.65. The van der Waals surface area contributed by atoms with Gasteiger partial charge >= 0.3 is 0 Å². The molecular formula is C16H21N3O2. The molecule has 1 saturated heterocycles. The van der Waals surface area contributed by atoms with Crippen LogP contribution in [0.3, 0.4) is 0 Å². The summed E-state index contributed by atoms with van der Waals surface area (Å²) in [5.74, 6) is -0.0726. The van der Waals surface area contributed by atoms with E-state index in [9.17, 15) is 4.79 Å². The van der Waals surface area contributed by atoms with E-state index in [-0.39, 0.29) is 12.0 Å². The van der Waals surface area contributed by atoms with Gasteiger partial charge in [0.1, 0.15) is 0 Å². The molecule has 21 heavy (non-hydrogen) atoms. The van der Waals surface area contributed by atoms with Crippen molar-refractivity contribution in [3.05, 3.63) is 23.8 Å². The monoisotopic (exact) mass is 287 g/mol. The third-order valence-electron chi connectivity index (χ3n) is 3.43. The van der Waals surface area contributed by atoms with Crippen LogP contribution in [0.1, 0.15) is 38.2 Å². The molecule has 0 aromatic heterocycles. The van der Waals surface area contributed by atoms with Crippen molar-refractivity contribution in [1.29, 1.82) is 5.26 Å². The molecule has 0 bridgehead atoms. The molecule has 5 heteroatoms. The summed E-state index contributed by atoms with van der Waals surface area (Å²) in [6.07, 6.45) is 3.33. The van der Waals surface area contributed by atoms with Gasteiger partial charge in [-0.15, -0.1) is 0 Å². The average Bonchev–Trinajstić information content (AvgIpc) is 2.98. The molecule has 1 aromatic carbocycles. The molecule has 1 amide bonds. The third kappa shape index (κ3) is 4.47. The van der Waals surface area contributed by atoms with Gasteiger partial charge in [0.25, 0.3) is 0 Å². The number of amides is 1. The second-order valence-electron chi connectivity index (χ2n) is 5.19. The largest absolute Gasteiger partial charge is 0.383 e. The molecule has 2 N–H and O–H groups in total. The van der Waals surface area contributed by atoms with Gasteiger partial charge in [-0.2, -0.15) is 5.26 Å². The standard InChI is InChI=1S/C16H21N3O2/c1-2-7-18-14-6-5-12(11-17)9-15(14)19-16(20)10-13-4-3-8-21-13/h5-6,9,13,18H,2-4,7-8,10H2,1H3,(H,19,20)/t13-/m0/s1. The van der Waals surface area contributed by atoms with Crippen molar-refractivity contribution in [3.8, 4) is 6.07 Å². The van der Waals surface area contributed by atoms with Gasteiger partial charge in [0.2, 0.25) is 5.91 Å². The van der Waals surface area contributed by atoms with Crippen molar-refractivity contribution in [2.45, 2.75) is 38.7 Å². The zero-order chi connectivity index (χ0) is 15.1. The van der Waals surface area contributed by atoms with Crippen LogP contribution in [-0.4, -0.2) is 25.2 Å². The molecule has 0 unspecified atom stereocenters. The number of nitriles is 1. The number of nitrogens with zero attached hydrogens (tertiary/aromatic N) is 1. The number of carbonyl (C=O) groups excluding carboxylic acids is 1. The fourth-order valence-electron chi connectivity index (χ4n) is 2.34. The number of ether oxygens (including phenoxy) is 1. The fourth-order valence-corrected chi connectivity index (χ4v) is 2.34. The Hall–Kier alpha value is -2.06. The summed E-state index contributed by atoms with van der Waals surface area (Å²) in [6.45, 7) is 3.64. The summed E-state index contributed by atoms with van der Waals surface area (Å²) in [5.41, 5.74) is 2.03. The Bertz CT molecular complexity index is 531. The lowest BCUT2D eigenvalue weighted by molar-refractivity contribution is -0.118. The zero-order valence-electron chi connectivity index (χ0n) is 12.3. The molecule has 112 valence electrons. The van der Waals surface area contributed by atoms with E-state index in [0.717, 1.165) is 38.1 Å². The van der Waals surface area contributed by atoms with Crippen molar-refractivity contribution in [1.82, 2.24) is 0 Å². The molecular weight excluding hydrogens is 266 g/mol. The Kier molecular flexibility index (Phi) is 5.59. The van der Waals surface area contributed by atoms with Crippen molar-refractivity contribution in [3.63, 3.8) is 0 Å². The molecule has 1 heterocycles. The molecule has 5 nitrogen and oxygen atoms in total. The van der Waals surface area contributed by atoms with Gasteiger partial charge in [-0.05, 0) is 37.5 Å². The number of nitrogens with one attached hydrogen (secondary N) is 2. The SMILES string of the molecule is CCCNc1ccc(C#N)cc1NC(=O)C[C@@H]1CCCO1. The predicted octanol–water partition coefficient (Wildman–Crippen LogP) is 2.89. The van der Waals surface area contributed by atoms with Crippen LogP contribution in [0.25, 0.3) is 0 Å². The van der Waals surface area contributed by atoms with E-state index >= 15 is 0 Å². The van der Waals surface area contributed by atoms with Crippen LogP contribution in [0.4, 0.5) is 11.4 Å². The van der Waals surface area contributed by atoms with E-state index < -0.39 is 0 Å². The molecule has 1 atom stereocenters. The lowest BCUT2D eigenvalue weighted by Crippen LogP contribution is -2.20. The number of carbonyl (C=O) groups is 1. The van der Waals surface area contributed by atoms with E-state index in [1.165, 1.54) is 0 Å². The third-order valence-corrected chi connectivity index (χ3v) is 3.43. The summed E-state index contributed by atoms with van der Waals surface area (Å²) in [7, 11) is 0. The van der Waals surface area contributed by atoms with Gasteiger partial charge in [-0.3, -0.25) is 4.79 Å². The highest BCUT2D eigenvalue weighted by Gasteiger charge is 2.19. The highest BCUT2D eigenvalue weighted by molar-refractivity contribution is 5.94. The van der Waals surface area contributed by atoms with Crippen LogP contribution >= 0.6 is 0 Å². The Morgan fingerprint density at radius 2 is 2.33 bits per heavy atom. The van der Waals surface area contributed by atoms with E-state index in [0.29, 0.717) is 17.7 Å². The quantitative estimate of drug-likeness (QED) is 0.843. The van der Waals surface area contributed by atoms with Crippen molar-refractivity contribution in [2.24, 2.45) is 0 Å². The Morgan fingerprint density at radius 3 is 3.00 bits per heavy atom. The molecule has 0 spiro atoms. The van der Waals surface area contributed by atoms with Crippen molar-refractivity contribution < 1.29 is 9.53 Å². The first-order valence-electron chi connectivity index (χ1n) is 7.42.